The van der Waals surface area contributed by atoms with Gasteiger partial charge in [0.25, 0.3) is 0 Å². The zero-order valence-corrected chi connectivity index (χ0v) is 15.1. The fourth-order valence-electron chi connectivity index (χ4n) is 3.25. The van der Waals surface area contributed by atoms with Crippen molar-refractivity contribution in [3.05, 3.63) is 53.1 Å². The van der Waals surface area contributed by atoms with Crippen LogP contribution in [-0.4, -0.2) is 41.5 Å². The quantitative estimate of drug-likeness (QED) is 0.648. The second-order valence-corrected chi connectivity index (χ2v) is 6.06. The highest BCUT2D eigenvalue weighted by Crippen LogP contribution is 2.52. The van der Waals surface area contributed by atoms with Crippen LogP contribution in [0.2, 0.25) is 0 Å². The van der Waals surface area contributed by atoms with Crippen molar-refractivity contribution in [2.75, 3.05) is 14.2 Å². The van der Waals surface area contributed by atoms with E-state index in [4.69, 9.17) is 19.3 Å². The number of carbonyl (C=O) groups is 2. The molecule has 0 saturated heterocycles. The van der Waals surface area contributed by atoms with Gasteiger partial charge in [0.2, 0.25) is 0 Å². The van der Waals surface area contributed by atoms with E-state index in [0.717, 1.165) is 6.08 Å². The molecule has 2 aromatic rings. The van der Waals surface area contributed by atoms with Gasteiger partial charge in [0.1, 0.15) is 12.0 Å². The van der Waals surface area contributed by atoms with Crippen LogP contribution in [-0.2, 0) is 9.59 Å². The van der Waals surface area contributed by atoms with E-state index in [1.807, 2.05) is 0 Å². The van der Waals surface area contributed by atoms with Gasteiger partial charge in [0.15, 0.2) is 23.0 Å². The first-order valence-corrected chi connectivity index (χ1v) is 8.25. The number of carboxylic acid groups (broad SMARTS) is 2. The van der Waals surface area contributed by atoms with Gasteiger partial charge in [-0.05, 0) is 35.4 Å². The van der Waals surface area contributed by atoms with E-state index in [9.17, 15) is 19.8 Å². The monoisotopic (exact) mass is 386 g/mol. The summed E-state index contributed by atoms with van der Waals surface area (Å²) < 4.78 is 16.2. The summed E-state index contributed by atoms with van der Waals surface area (Å²) in [6.07, 6.45) is 1.29. The van der Waals surface area contributed by atoms with Crippen LogP contribution < -0.4 is 14.2 Å². The van der Waals surface area contributed by atoms with Gasteiger partial charge in [-0.25, -0.2) is 4.79 Å². The Morgan fingerprint density at radius 1 is 1.07 bits per heavy atom. The van der Waals surface area contributed by atoms with Gasteiger partial charge in [0.05, 0.1) is 14.2 Å². The number of phenolic OH excluding ortho intramolecular Hbond substituents is 1. The molecule has 3 rings (SSSR count). The summed E-state index contributed by atoms with van der Waals surface area (Å²) in [5, 5.41) is 28.9. The molecule has 0 spiro atoms. The third-order valence-electron chi connectivity index (χ3n) is 4.48. The van der Waals surface area contributed by atoms with Crippen LogP contribution in [0.1, 0.15) is 28.7 Å². The third kappa shape index (κ3) is 3.32. The van der Waals surface area contributed by atoms with Crippen molar-refractivity contribution in [3.8, 4) is 23.0 Å². The summed E-state index contributed by atoms with van der Waals surface area (Å²) in [6, 6.07) is 7.64. The molecule has 3 N–H and O–H groups in total. The molecule has 0 fully saturated rings. The molecule has 1 aliphatic heterocycles. The molecule has 2 unspecified atom stereocenters. The number of aromatic hydroxyl groups is 1. The molecular formula is C20H18O8. The predicted molar refractivity (Wildman–Crippen MR) is 98.1 cm³/mol. The average Bonchev–Trinajstić information content (AvgIpc) is 3.07. The van der Waals surface area contributed by atoms with Gasteiger partial charge < -0.3 is 29.5 Å². The second-order valence-electron chi connectivity index (χ2n) is 6.06. The Morgan fingerprint density at radius 3 is 2.32 bits per heavy atom. The van der Waals surface area contributed by atoms with Crippen LogP contribution in [0.3, 0.4) is 0 Å². The minimum absolute atomic E-state index is 0.151. The summed E-state index contributed by atoms with van der Waals surface area (Å²) >= 11 is 0. The summed E-state index contributed by atoms with van der Waals surface area (Å²) in [5.74, 6) is -2.80. The van der Waals surface area contributed by atoms with Crippen LogP contribution in [0.4, 0.5) is 0 Å². The molecule has 0 aromatic heterocycles. The van der Waals surface area contributed by atoms with Gasteiger partial charge in [0, 0.05) is 11.6 Å². The molecule has 0 bridgehead atoms. The molecule has 0 aliphatic carbocycles. The molecule has 8 nitrogen and oxygen atoms in total. The van der Waals surface area contributed by atoms with Crippen LogP contribution in [0.25, 0.3) is 6.08 Å². The van der Waals surface area contributed by atoms with Crippen molar-refractivity contribution in [3.63, 3.8) is 0 Å². The Morgan fingerprint density at radius 2 is 1.75 bits per heavy atom. The molecule has 1 aliphatic rings. The lowest BCUT2D eigenvalue weighted by Crippen LogP contribution is -2.18. The maximum Gasteiger partial charge on any atom is 0.328 e. The predicted octanol–water partition coefficient (Wildman–Crippen LogP) is 2.81. The number of phenols is 1. The van der Waals surface area contributed by atoms with E-state index in [0.29, 0.717) is 22.4 Å². The smallest absolute Gasteiger partial charge is 0.328 e. The van der Waals surface area contributed by atoms with Crippen molar-refractivity contribution in [1.29, 1.82) is 0 Å². The van der Waals surface area contributed by atoms with Crippen LogP contribution in [0.15, 0.2) is 36.4 Å². The van der Waals surface area contributed by atoms with E-state index in [1.54, 1.807) is 18.2 Å². The van der Waals surface area contributed by atoms with Gasteiger partial charge in [-0.3, -0.25) is 4.79 Å². The molecule has 146 valence electrons. The normalized spacial score (nSPS) is 17.8. The Hall–Kier alpha value is -3.68. The maximum atomic E-state index is 12.1. The summed E-state index contributed by atoms with van der Waals surface area (Å²) in [7, 11) is 2.83. The first-order valence-electron chi connectivity index (χ1n) is 8.25. The molecule has 8 heteroatoms. The number of benzene rings is 2. The molecule has 0 radical (unpaired) electrons. The minimum atomic E-state index is -1.16. The number of ether oxygens (including phenoxy) is 3. The largest absolute Gasteiger partial charge is 0.504 e. The lowest BCUT2D eigenvalue weighted by atomic mass is 9.88. The van der Waals surface area contributed by atoms with Crippen LogP contribution in [0.5, 0.6) is 23.0 Å². The average molecular weight is 386 g/mol. The molecule has 0 saturated carbocycles. The molecule has 1 heterocycles. The van der Waals surface area contributed by atoms with Crippen LogP contribution >= 0.6 is 0 Å². The van der Waals surface area contributed by atoms with E-state index < -0.39 is 24.0 Å². The van der Waals surface area contributed by atoms with E-state index in [2.05, 4.69) is 0 Å². The Kier molecular flexibility index (Phi) is 5.12. The summed E-state index contributed by atoms with van der Waals surface area (Å²) in [5.41, 5.74) is 1.13. The van der Waals surface area contributed by atoms with E-state index in [-0.39, 0.29) is 17.2 Å². The standard InChI is InChI=1S/C20H18O8/c1-26-13-6-4-11(9-12(13)21)18-17(20(24)25)16-10(5-8-15(22)23)3-7-14(27-2)19(16)28-18/h3-9,17-18,21H,1-2H3,(H,22,23)(H,24,25)/b8-5+. The van der Waals surface area contributed by atoms with Crippen molar-refractivity contribution < 1.29 is 39.1 Å². The Labute approximate surface area is 160 Å². The highest BCUT2D eigenvalue weighted by molar-refractivity contribution is 5.88. The molecule has 0 amide bonds. The number of rotatable bonds is 6. The van der Waals surface area contributed by atoms with E-state index >= 15 is 0 Å². The van der Waals surface area contributed by atoms with Gasteiger partial charge in [-0.2, -0.15) is 0 Å². The number of fused-ring (bicyclic) bond motifs is 1. The SMILES string of the molecule is COc1ccc(C2Oc3c(OC)ccc(/C=C/C(=O)O)c3C2C(=O)O)cc1O. The zero-order valence-electron chi connectivity index (χ0n) is 15.1. The second kappa shape index (κ2) is 7.51. The highest BCUT2D eigenvalue weighted by Gasteiger charge is 2.44. The maximum absolute atomic E-state index is 12.1. The molecule has 2 atom stereocenters. The Balaban J connectivity index is 2.15. The number of methoxy groups -OCH3 is 2. The molecular weight excluding hydrogens is 368 g/mol. The highest BCUT2D eigenvalue weighted by atomic mass is 16.5. The summed E-state index contributed by atoms with van der Waals surface area (Å²) in [6.45, 7) is 0. The van der Waals surface area contributed by atoms with Crippen molar-refractivity contribution in [2.24, 2.45) is 0 Å². The van der Waals surface area contributed by atoms with Gasteiger partial charge >= 0.3 is 11.9 Å². The first kappa shape index (κ1) is 19.1. The fraction of sp³-hybridized carbons (Fsp3) is 0.200. The lowest BCUT2D eigenvalue weighted by molar-refractivity contribution is -0.140. The first-order chi connectivity index (χ1) is 13.4. The minimum Gasteiger partial charge on any atom is -0.504 e. The number of hydrogen-bond acceptors (Lipinski definition) is 6. The topological polar surface area (TPSA) is 123 Å². The van der Waals surface area contributed by atoms with Crippen molar-refractivity contribution in [1.82, 2.24) is 0 Å². The van der Waals surface area contributed by atoms with Gasteiger partial charge in [-0.15, -0.1) is 0 Å². The Bertz CT molecular complexity index is 963. The van der Waals surface area contributed by atoms with E-state index in [1.165, 1.54) is 32.4 Å². The van der Waals surface area contributed by atoms with Gasteiger partial charge in [-0.1, -0.05) is 12.1 Å². The molecule has 2 aromatic carbocycles. The lowest BCUT2D eigenvalue weighted by Gasteiger charge is -2.17. The number of hydrogen-bond donors (Lipinski definition) is 3. The fourth-order valence-corrected chi connectivity index (χ4v) is 3.25. The van der Waals surface area contributed by atoms with Crippen LogP contribution in [0, 0.1) is 0 Å². The molecule has 28 heavy (non-hydrogen) atoms. The summed E-state index contributed by atoms with van der Waals surface area (Å²) in [4.78, 5) is 23.0. The van der Waals surface area contributed by atoms with Crippen molar-refractivity contribution in [2.45, 2.75) is 12.0 Å². The number of carboxylic acids is 2. The zero-order chi connectivity index (χ0) is 20.4. The number of aliphatic carboxylic acids is 2. The van der Waals surface area contributed by atoms with Crippen molar-refractivity contribution >= 4 is 18.0 Å². The third-order valence-corrected chi connectivity index (χ3v) is 4.48.